The normalized spacial score (nSPS) is 13.4. The van der Waals surface area contributed by atoms with Crippen LogP contribution < -0.4 is 19.7 Å². The molecule has 1 amide bonds. The Morgan fingerprint density at radius 1 is 0.902 bits per heavy atom. The van der Waals surface area contributed by atoms with E-state index in [-0.39, 0.29) is 11.9 Å². The molecule has 0 saturated carbocycles. The van der Waals surface area contributed by atoms with Crippen LogP contribution in [0, 0.1) is 5.92 Å². The minimum absolute atomic E-state index is 0.226. The first kappa shape index (κ1) is 28.0. The molecule has 4 aromatic rings. The summed E-state index contributed by atoms with van der Waals surface area (Å²) in [7, 11) is 1.36. The molecule has 2 heterocycles. The average molecular weight is 572 g/mol. The smallest absolute Gasteiger partial charge is 0.337 e. The average Bonchev–Trinajstić information content (AvgIpc) is 3.02. The Kier molecular flexibility index (Phi) is 9.01. The Morgan fingerprint density at radius 3 is 2.27 bits per heavy atom. The second-order valence-electron chi connectivity index (χ2n) is 9.70. The molecule has 9 heteroatoms. The molecule has 41 heavy (non-hydrogen) atoms. The number of pyridine rings is 1. The second kappa shape index (κ2) is 13.2. The number of benzene rings is 3. The van der Waals surface area contributed by atoms with Crippen LogP contribution in [-0.4, -0.2) is 43.7 Å². The maximum Gasteiger partial charge on any atom is 0.337 e. The van der Waals surface area contributed by atoms with Gasteiger partial charge in [-0.2, -0.15) is 0 Å². The fourth-order valence-electron chi connectivity index (χ4n) is 4.54. The molecule has 1 aromatic heterocycles. The Labute approximate surface area is 243 Å². The highest BCUT2D eigenvalue weighted by Crippen LogP contribution is 2.26. The number of hydrogen-bond acceptors (Lipinski definition) is 7. The van der Waals surface area contributed by atoms with Crippen molar-refractivity contribution < 1.29 is 23.8 Å². The van der Waals surface area contributed by atoms with Crippen LogP contribution in [0.1, 0.15) is 33.6 Å². The first-order valence-corrected chi connectivity index (χ1v) is 13.7. The Balaban J connectivity index is 1.08. The summed E-state index contributed by atoms with van der Waals surface area (Å²) < 4.78 is 16.5. The van der Waals surface area contributed by atoms with Gasteiger partial charge < -0.3 is 24.4 Å². The highest BCUT2D eigenvalue weighted by atomic mass is 35.5. The van der Waals surface area contributed by atoms with Crippen molar-refractivity contribution in [2.45, 2.75) is 12.8 Å². The van der Waals surface area contributed by atoms with Crippen LogP contribution in [-0.2, 0) is 4.74 Å². The van der Waals surface area contributed by atoms with Crippen molar-refractivity contribution in [3.63, 3.8) is 0 Å². The van der Waals surface area contributed by atoms with Crippen LogP contribution >= 0.6 is 11.6 Å². The van der Waals surface area contributed by atoms with Crippen LogP contribution in [0.25, 0.3) is 0 Å². The Bertz CT molecular complexity index is 1470. The summed E-state index contributed by atoms with van der Waals surface area (Å²) in [4.78, 5) is 31.3. The van der Waals surface area contributed by atoms with E-state index in [4.69, 9.17) is 25.8 Å². The number of piperidine rings is 1. The van der Waals surface area contributed by atoms with Crippen LogP contribution in [0.4, 0.5) is 11.5 Å². The molecule has 8 nitrogen and oxygen atoms in total. The highest BCUT2D eigenvalue weighted by molar-refractivity contribution is 6.30. The first-order chi connectivity index (χ1) is 20.0. The van der Waals surface area contributed by atoms with E-state index in [1.807, 2.05) is 18.2 Å². The van der Waals surface area contributed by atoms with E-state index in [0.29, 0.717) is 51.6 Å². The van der Waals surface area contributed by atoms with Crippen molar-refractivity contribution in [2.24, 2.45) is 5.92 Å². The number of rotatable bonds is 9. The molecule has 1 aliphatic rings. The van der Waals surface area contributed by atoms with Crippen LogP contribution in [0.2, 0.25) is 5.02 Å². The van der Waals surface area contributed by atoms with Gasteiger partial charge in [0.15, 0.2) is 0 Å². The van der Waals surface area contributed by atoms with Gasteiger partial charge in [0.2, 0.25) is 0 Å². The van der Waals surface area contributed by atoms with Gasteiger partial charge in [0, 0.05) is 23.7 Å². The monoisotopic (exact) mass is 571 g/mol. The molecule has 0 aliphatic carbocycles. The summed E-state index contributed by atoms with van der Waals surface area (Å²) in [6.45, 7) is 2.31. The number of hydrogen-bond donors (Lipinski definition) is 1. The molecule has 5 rings (SSSR count). The van der Waals surface area contributed by atoms with Crippen molar-refractivity contribution in [3.05, 3.63) is 107 Å². The number of amides is 1. The van der Waals surface area contributed by atoms with Gasteiger partial charge in [-0.05, 0) is 97.6 Å². The lowest BCUT2D eigenvalue weighted by Gasteiger charge is -2.32. The predicted molar refractivity (Wildman–Crippen MR) is 158 cm³/mol. The predicted octanol–water partition coefficient (Wildman–Crippen LogP) is 6.86. The van der Waals surface area contributed by atoms with Gasteiger partial charge in [-0.15, -0.1) is 0 Å². The molecule has 1 fully saturated rings. The van der Waals surface area contributed by atoms with Gasteiger partial charge in [0.05, 0.1) is 31.2 Å². The van der Waals surface area contributed by atoms with E-state index in [2.05, 4.69) is 15.2 Å². The van der Waals surface area contributed by atoms with E-state index in [1.54, 1.807) is 72.9 Å². The molecule has 0 unspecified atom stereocenters. The van der Waals surface area contributed by atoms with E-state index in [1.165, 1.54) is 7.11 Å². The Hall–Kier alpha value is -4.56. The SMILES string of the molecule is COC(=O)c1cccc(OCC2CCN(c3ccc(NC(=O)c4ccc(Oc5ccc(Cl)cc5)cc4)cn3)CC2)c1. The van der Waals surface area contributed by atoms with Crippen molar-refractivity contribution in [1.82, 2.24) is 4.98 Å². The molecule has 0 bridgehead atoms. The number of esters is 1. The molecule has 0 spiro atoms. The summed E-state index contributed by atoms with van der Waals surface area (Å²) in [5, 5.41) is 3.54. The number of ether oxygens (including phenoxy) is 3. The maximum absolute atomic E-state index is 12.7. The number of methoxy groups -OCH3 is 1. The largest absolute Gasteiger partial charge is 0.493 e. The second-order valence-corrected chi connectivity index (χ2v) is 10.1. The van der Waals surface area contributed by atoms with Crippen molar-refractivity contribution in [1.29, 1.82) is 0 Å². The number of carbonyl (C=O) groups is 2. The van der Waals surface area contributed by atoms with Gasteiger partial charge in [0.25, 0.3) is 5.91 Å². The zero-order chi connectivity index (χ0) is 28.6. The maximum atomic E-state index is 12.7. The van der Waals surface area contributed by atoms with Crippen LogP contribution in [0.3, 0.4) is 0 Å². The minimum atomic E-state index is -0.378. The van der Waals surface area contributed by atoms with Crippen LogP contribution in [0.15, 0.2) is 91.1 Å². The summed E-state index contributed by atoms with van der Waals surface area (Å²) >= 11 is 5.91. The zero-order valence-electron chi connectivity index (χ0n) is 22.6. The summed E-state index contributed by atoms with van der Waals surface area (Å²) in [6, 6.07) is 24.8. The van der Waals surface area contributed by atoms with Gasteiger partial charge in [-0.1, -0.05) is 17.7 Å². The third-order valence-electron chi connectivity index (χ3n) is 6.85. The van der Waals surface area contributed by atoms with Gasteiger partial charge in [0.1, 0.15) is 23.1 Å². The number of anilines is 2. The number of aromatic nitrogens is 1. The Morgan fingerprint density at radius 2 is 1.61 bits per heavy atom. The standard InChI is InChI=1S/C32H30ClN3O5/c1-39-32(38)24-3-2-4-29(19-24)40-21-22-15-17-36(18-16-22)30-14-9-26(20-34-30)35-31(37)23-5-10-27(11-6-23)41-28-12-7-25(33)8-13-28/h2-14,19-20,22H,15-18,21H2,1H3,(H,35,37). The lowest BCUT2D eigenvalue weighted by molar-refractivity contribution is 0.0600. The summed E-state index contributed by atoms with van der Waals surface area (Å²) in [5.41, 5.74) is 1.61. The number of nitrogens with zero attached hydrogens (tertiary/aromatic N) is 2. The van der Waals surface area contributed by atoms with E-state index in [9.17, 15) is 9.59 Å². The molecule has 0 atom stereocenters. The van der Waals surface area contributed by atoms with Crippen molar-refractivity contribution >= 4 is 35.0 Å². The lowest BCUT2D eigenvalue weighted by atomic mass is 9.98. The number of nitrogens with one attached hydrogen (secondary N) is 1. The molecular weight excluding hydrogens is 542 g/mol. The van der Waals surface area contributed by atoms with Gasteiger partial charge >= 0.3 is 5.97 Å². The summed E-state index contributed by atoms with van der Waals surface area (Å²) in [6.07, 6.45) is 3.61. The van der Waals surface area contributed by atoms with Crippen molar-refractivity contribution in [2.75, 3.05) is 37.0 Å². The molecule has 0 radical (unpaired) electrons. The minimum Gasteiger partial charge on any atom is -0.493 e. The molecule has 1 aliphatic heterocycles. The number of halogens is 1. The zero-order valence-corrected chi connectivity index (χ0v) is 23.3. The number of carbonyl (C=O) groups excluding carboxylic acids is 2. The van der Waals surface area contributed by atoms with E-state index < -0.39 is 0 Å². The molecule has 3 aromatic carbocycles. The molecule has 210 valence electrons. The molecular formula is C32H30ClN3O5. The highest BCUT2D eigenvalue weighted by Gasteiger charge is 2.21. The lowest BCUT2D eigenvalue weighted by Crippen LogP contribution is -2.36. The first-order valence-electron chi connectivity index (χ1n) is 13.3. The topological polar surface area (TPSA) is 90.0 Å². The quantitative estimate of drug-likeness (QED) is 0.219. The van der Waals surface area contributed by atoms with E-state index >= 15 is 0 Å². The molecule has 1 N–H and O–H groups in total. The third kappa shape index (κ3) is 7.55. The van der Waals surface area contributed by atoms with Crippen LogP contribution in [0.5, 0.6) is 17.2 Å². The fraction of sp³-hybridized carbons (Fsp3) is 0.219. The third-order valence-corrected chi connectivity index (χ3v) is 7.10. The fourth-order valence-corrected chi connectivity index (χ4v) is 4.66. The van der Waals surface area contributed by atoms with E-state index in [0.717, 1.165) is 31.7 Å². The van der Waals surface area contributed by atoms with Crippen molar-refractivity contribution in [3.8, 4) is 17.2 Å². The van der Waals surface area contributed by atoms with Gasteiger partial charge in [-0.25, -0.2) is 9.78 Å². The molecule has 1 saturated heterocycles. The summed E-state index contributed by atoms with van der Waals surface area (Å²) in [5.74, 6) is 2.63. The van der Waals surface area contributed by atoms with Gasteiger partial charge in [-0.3, -0.25) is 4.79 Å².